The van der Waals surface area contributed by atoms with E-state index in [-0.39, 0.29) is 5.91 Å². The molecule has 1 unspecified atom stereocenters. The van der Waals surface area contributed by atoms with Gasteiger partial charge in [0.25, 0.3) is 5.91 Å². The summed E-state index contributed by atoms with van der Waals surface area (Å²) in [6, 6.07) is 0.317. The van der Waals surface area contributed by atoms with Crippen LogP contribution in [0.4, 0.5) is 0 Å². The third-order valence-electron chi connectivity index (χ3n) is 2.89. The fraction of sp³-hybridized carbons (Fsp3) is 0.700. The van der Waals surface area contributed by atoms with E-state index in [1.54, 1.807) is 6.20 Å². The van der Waals surface area contributed by atoms with Gasteiger partial charge in [0.1, 0.15) is 4.88 Å². The van der Waals surface area contributed by atoms with Gasteiger partial charge in [0.15, 0.2) is 0 Å². The molecule has 0 N–H and O–H groups in total. The van der Waals surface area contributed by atoms with Gasteiger partial charge in [0, 0.05) is 17.9 Å². The van der Waals surface area contributed by atoms with Gasteiger partial charge in [-0.15, -0.1) is 5.10 Å². The first-order chi connectivity index (χ1) is 7.83. The van der Waals surface area contributed by atoms with Gasteiger partial charge in [-0.3, -0.25) is 4.79 Å². The molecule has 2 heterocycles. The fourth-order valence-corrected chi connectivity index (χ4v) is 3.15. The molecule has 0 spiro atoms. The van der Waals surface area contributed by atoms with Crippen LogP contribution in [-0.4, -0.2) is 38.3 Å². The molecule has 4 nitrogen and oxygen atoms in total. The Morgan fingerprint density at radius 2 is 2.44 bits per heavy atom. The largest absolute Gasteiger partial charge is 0.334 e. The molecule has 2 rings (SSSR count). The second kappa shape index (κ2) is 5.72. The Labute approximate surface area is 107 Å². The molecule has 1 saturated heterocycles. The average Bonchev–Trinajstić information content (AvgIpc) is 2.73. The lowest BCUT2D eigenvalue weighted by Crippen LogP contribution is -2.40. The third-order valence-corrected chi connectivity index (χ3v) is 4.29. The molecule has 0 aromatic carbocycles. The second-order valence-electron chi connectivity index (χ2n) is 3.94. The fourth-order valence-electron chi connectivity index (χ4n) is 2.01. The number of halogens is 1. The van der Waals surface area contributed by atoms with Crippen LogP contribution in [0.25, 0.3) is 0 Å². The van der Waals surface area contributed by atoms with Crippen LogP contribution in [0.3, 0.4) is 0 Å². The van der Waals surface area contributed by atoms with E-state index in [1.807, 2.05) is 4.90 Å². The van der Waals surface area contributed by atoms with Crippen molar-refractivity contribution in [3.05, 3.63) is 11.1 Å². The van der Waals surface area contributed by atoms with Crippen LogP contribution in [0, 0.1) is 0 Å². The first-order valence-electron chi connectivity index (χ1n) is 5.47. The van der Waals surface area contributed by atoms with E-state index in [0.29, 0.717) is 10.9 Å². The van der Waals surface area contributed by atoms with Crippen molar-refractivity contribution in [3.63, 3.8) is 0 Å². The lowest BCUT2D eigenvalue weighted by Gasteiger charge is -2.27. The topological polar surface area (TPSA) is 46.1 Å². The molecule has 6 heteroatoms. The first-order valence-corrected chi connectivity index (χ1v) is 7.36. The van der Waals surface area contributed by atoms with Gasteiger partial charge in [0.2, 0.25) is 0 Å². The molecule has 1 fully saturated rings. The monoisotopic (exact) mass is 303 g/mol. The smallest absolute Gasteiger partial charge is 0.267 e. The Kier molecular flexibility index (Phi) is 4.29. The summed E-state index contributed by atoms with van der Waals surface area (Å²) in [6.45, 7) is 0.854. The molecular formula is C10H14BrN3OS. The first kappa shape index (κ1) is 12.0. The number of likely N-dealkylation sites (tertiary alicyclic amines) is 1. The van der Waals surface area contributed by atoms with Crippen molar-refractivity contribution in [2.24, 2.45) is 0 Å². The molecule has 1 aromatic heterocycles. The van der Waals surface area contributed by atoms with E-state index in [1.165, 1.54) is 24.4 Å². The van der Waals surface area contributed by atoms with Crippen molar-refractivity contribution in [2.45, 2.75) is 31.7 Å². The van der Waals surface area contributed by atoms with Gasteiger partial charge in [-0.25, -0.2) is 0 Å². The Hall–Kier alpha value is -0.490. The summed E-state index contributed by atoms with van der Waals surface area (Å²) in [4.78, 5) is 14.8. The molecule has 1 aromatic rings. The molecule has 0 bridgehead atoms. The maximum atomic E-state index is 12.2. The normalized spacial score (nSPS) is 21.8. The van der Waals surface area contributed by atoms with Crippen LogP contribution >= 0.6 is 27.5 Å². The zero-order chi connectivity index (χ0) is 11.4. The molecule has 88 valence electrons. The minimum atomic E-state index is 0.0846. The molecule has 1 atom stereocenters. The maximum Gasteiger partial charge on any atom is 0.267 e. The summed E-state index contributed by atoms with van der Waals surface area (Å²) in [5, 5.41) is 4.57. The number of hydrogen-bond acceptors (Lipinski definition) is 4. The number of nitrogens with zero attached hydrogens (tertiary/aromatic N) is 3. The highest BCUT2D eigenvalue weighted by Crippen LogP contribution is 2.21. The molecular weight excluding hydrogens is 290 g/mol. The molecule has 0 saturated carbocycles. The molecule has 1 amide bonds. The summed E-state index contributed by atoms with van der Waals surface area (Å²) in [5.74, 6) is 0.0846. The Morgan fingerprint density at radius 1 is 1.56 bits per heavy atom. The molecule has 0 aliphatic carbocycles. The minimum Gasteiger partial charge on any atom is -0.334 e. The highest BCUT2D eigenvalue weighted by molar-refractivity contribution is 9.09. The average molecular weight is 304 g/mol. The van der Waals surface area contributed by atoms with E-state index in [9.17, 15) is 4.79 Å². The SMILES string of the molecule is O=C(c1cnns1)N1CCCCCC1CBr. The predicted octanol–water partition coefficient (Wildman–Crippen LogP) is 2.32. The standard InChI is InChI=1S/C10H14BrN3OS/c11-6-8-4-2-1-3-5-14(8)10(15)9-7-12-13-16-9/h7-8H,1-6H2. The van der Waals surface area contributed by atoms with Crippen LogP contribution < -0.4 is 0 Å². The van der Waals surface area contributed by atoms with Gasteiger partial charge in [-0.1, -0.05) is 33.3 Å². The van der Waals surface area contributed by atoms with Crippen molar-refractivity contribution < 1.29 is 4.79 Å². The van der Waals surface area contributed by atoms with E-state index in [4.69, 9.17) is 0 Å². The number of alkyl halides is 1. The van der Waals surface area contributed by atoms with E-state index in [2.05, 4.69) is 25.5 Å². The molecule has 0 radical (unpaired) electrons. The Bertz CT molecular complexity index is 344. The van der Waals surface area contributed by atoms with Crippen LogP contribution in [-0.2, 0) is 0 Å². The van der Waals surface area contributed by atoms with Gasteiger partial charge < -0.3 is 4.90 Å². The van der Waals surface area contributed by atoms with Crippen molar-refractivity contribution in [1.29, 1.82) is 0 Å². The second-order valence-corrected chi connectivity index (χ2v) is 5.37. The maximum absolute atomic E-state index is 12.2. The number of aromatic nitrogens is 2. The molecule has 1 aliphatic rings. The quantitative estimate of drug-likeness (QED) is 0.788. The zero-order valence-corrected chi connectivity index (χ0v) is 11.3. The van der Waals surface area contributed by atoms with E-state index in [0.717, 1.165) is 24.7 Å². The lowest BCUT2D eigenvalue weighted by atomic mass is 10.1. The van der Waals surface area contributed by atoms with Crippen LogP contribution in [0.1, 0.15) is 35.4 Å². The third kappa shape index (κ3) is 2.60. The van der Waals surface area contributed by atoms with Crippen molar-refractivity contribution in [1.82, 2.24) is 14.5 Å². The number of amides is 1. The summed E-state index contributed by atoms with van der Waals surface area (Å²) < 4.78 is 3.74. The van der Waals surface area contributed by atoms with Gasteiger partial charge in [-0.05, 0) is 24.4 Å². The van der Waals surface area contributed by atoms with Gasteiger partial charge >= 0.3 is 0 Å². The van der Waals surface area contributed by atoms with Gasteiger partial charge in [-0.2, -0.15) is 0 Å². The summed E-state index contributed by atoms with van der Waals surface area (Å²) >= 11 is 4.67. The Morgan fingerprint density at radius 3 is 3.12 bits per heavy atom. The molecule has 16 heavy (non-hydrogen) atoms. The number of hydrogen-bond donors (Lipinski definition) is 0. The number of rotatable bonds is 2. The van der Waals surface area contributed by atoms with E-state index >= 15 is 0 Å². The van der Waals surface area contributed by atoms with Crippen molar-refractivity contribution in [2.75, 3.05) is 11.9 Å². The van der Waals surface area contributed by atoms with Crippen molar-refractivity contribution >= 4 is 33.4 Å². The highest BCUT2D eigenvalue weighted by atomic mass is 79.9. The van der Waals surface area contributed by atoms with Crippen molar-refractivity contribution in [3.8, 4) is 0 Å². The lowest BCUT2D eigenvalue weighted by molar-refractivity contribution is 0.0707. The summed E-state index contributed by atoms with van der Waals surface area (Å²) in [6.07, 6.45) is 6.17. The van der Waals surface area contributed by atoms with Crippen LogP contribution in [0.2, 0.25) is 0 Å². The summed E-state index contributed by atoms with van der Waals surface area (Å²) in [5.41, 5.74) is 0. The minimum absolute atomic E-state index is 0.0846. The van der Waals surface area contributed by atoms with Crippen LogP contribution in [0.5, 0.6) is 0 Å². The highest BCUT2D eigenvalue weighted by Gasteiger charge is 2.26. The molecule has 1 aliphatic heterocycles. The van der Waals surface area contributed by atoms with Gasteiger partial charge in [0.05, 0.1) is 6.20 Å². The Balaban J connectivity index is 2.13. The van der Waals surface area contributed by atoms with Crippen LogP contribution in [0.15, 0.2) is 6.20 Å². The zero-order valence-electron chi connectivity index (χ0n) is 8.93. The summed E-state index contributed by atoms with van der Waals surface area (Å²) in [7, 11) is 0. The number of carbonyl (C=O) groups is 1. The number of carbonyl (C=O) groups excluding carboxylic acids is 1. The predicted molar refractivity (Wildman–Crippen MR) is 67.0 cm³/mol. The van der Waals surface area contributed by atoms with E-state index < -0.39 is 0 Å².